The van der Waals surface area contributed by atoms with Crippen molar-refractivity contribution in [1.29, 1.82) is 0 Å². The van der Waals surface area contributed by atoms with E-state index in [4.69, 9.17) is 10.8 Å². The minimum Gasteiger partial charge on any atom is -0.481 e. The average molecular weight is 300 g/mol. The first-order valence-corrected chi connectivity index (χ1v) is 7.46. The van der Waals surface area contributed by atoms with Crippen LogP contribution in [-0.2, 0) is 16.1 Å². The number of aromatic nitrogens is 3. The highest BCUT2D eigenvalue weighted by atomic mass is 32.2. The van der Waals surface area contributed by atoms with Gasteiger partial charge in [0.25, 0.3) is 0 Å². The molecule has 0 radical (unpaired) electrons. The number of carboxylic acid groups (broad SMARTS) is 1. The molecule has 1 aromatic heterocycles. The van der Waals surface area contributed by atoms with Crippen LogP contribution in [0.2, 0.25) is 0 Å². The van der Waals surface area contributed by atoms with Gasteiger partial charge in [-0.05, 0) is 12.8 Å². The molecule has 20 heavy (non-hydrogen) atoms. The summed E-state index contributed by atoms with van der Waals surface area (Å²) >= 11 is 1.16. The highest BCUT2D eigenvalue weighted by Crippen LogP contribution is 2.22. The molecule has 8 heteroatoms. The first-order chi connectivity index (χ1) is 9.41. The molecular weight excluding hydrogens is 280 g/mol. The van der Waals surface area contributed by atoms with E-state index in [1.807, 2.05) is 18.4 Å². The molecule has 1 heterocycles. The van der Waals surface area contributed by atoms with Gasteiger partial charge in [-0.3, -0.25) is 9.59 Å². The normalized spacial score (nSPS) is 10.9. The Morgan fingerprint density at radius 1 is 1.35 bits per heavy atom. The number of nitrogens with zero attached hydrogens (tertiary/aromatic N) is 3. The number of unbranched alkanes of at least 4 members (excludes halogenated alkanes) is 1. The second kappa shape index (κ2) is 7.88. The number of hydrogen-bond donors (Lipinski definition) is 2. The molecule has 0 aromatic carbocycles. The van der Waals surface area contributed by atoms with E-state index >= 15 is 0 Å². The van der Waals surface area contributed by atoms with Crippen molar-refractivity contribution < 1.29 is 14.7 Å². The lowest BCUT2D eigenvalue weighted by molar-refractivity contribution is -0.133. The number of rotatable bonds is 9. The molecule has 0 aliphatic carbocycles. The molecule has 1 rings (SSSR count). The van der Waals surface area contributed by atoms with Crippen LogP contribution in [0.1, 0.15) is 44.9 Å². The number of carboxylic acids is 1. The second-order valence-electron chi connectivity index (χ2n) is 4.75. The minimum atomic E-state index is -0.885. The molecule has 0 saturated heterocycles. The predicted octanol–water partition coefficient (Wildman–Crippen LogP) is 1.23. The Kier molecular flexibility index (Phi) is 6.50. The number of amides is 1. The number of carbonyl (C=O) groups is 2. The van der Waals surface area contributed by atoms with Crippen LogP contribution < -0.4 is 5.73 Å². The fourth-order valence-electron chi connectivity index (χ4n) is 1.74. The fourth-order valence-corrected chi connectivity index (χ4v) is 2.43. The summed E-state index contributed by atoms with van der Waals surface area (Å²) in [6, 6.07) is 0. The third-order valence-corrected chi connectivity index (χ3v) is 3.59. The van der Waals surface area contributed by atoms with Crippen molar-refractivity contribution in [3.05, 3.63) is 5.82 Å². The maximum Gasteiger partial charge on any atom is 0.313 e. The van der Waals surface area contributed by atoms with Gasteiger partial charge in [0.1, 0.15) is 5.82 Å². The van der Waals surface area contributed by atoms with Crippen molar-refractivity contribution in [2.24, 2.45) is 5.73 Å². The number of aliphatic carboxylic acids is 1. The van der Waals surface area contributed by atoms with Gasteiger partial charge in [-0.25, -0.2) is 0 Å². The van der Waals surface area contributed by atoms with Crippen molar-refractivity contribution in [2.45, 2.75) is 50.7 Å². The zero-order chi connectivity index (χ0) is 15.1. The van der Waals surface area contributed by atoms with E-state index < -0.39 is 5.97 Å². The summed E-state index contributed by atoms with van der Waals surface area (Å²) in [5, 5.41) is 17.5. The van der Waals surface area contributed by atoms with Gasteiger partial charge in [0, 0.05) is 18.9 Å². The summed E-state index contributed by atoms with van der Waals surface area (Å²) in [4.78, 5) is 21.3. The van der Waals surface area contributed by atoms with E-state index in [2.05, 4.69) is 10.2 Å². The number of thioether (sulfide) groups is 1. The summed E-state index contributed by atoms with van der Waals surface area (Å²) in [6.07, 6.45) is 1.84. The van der Waals surface area contributed by atoms with Crippen molar-refractivity contribution in [3.63, 3.8) is 0 Å². The Morgan fingerprint density at radius 3 is 2.60 bits per heavy atom. The molecule has 1 aromatic rings. The SMILES string of the molecule is CC(C)c1nnc(SCC(=O)O)n1CCCCC(N)=O. The van der Waals surface area contributed by atoms with Gasteiger partial charge in [0.15, 0.2) is 5.16 Å². The number of nitrogens with two attached hydrogens (primary N) is 1. The van der Waals surface area contributed by atoms with Gasteiger partial charge in [0.05, 0.1) is 5.75 Å². The van der Waals surface area contributed by atoms with Gasteiger partial charge in [-0.15, -0.1) is 10.2 Å². The molecule has 112 valence electrons. The molecule has 3 N–H and O–H groups in total. The molecule has 0 saturated carbocycles. The van der Waals surface area contributed by atoms with Crippen LogP contribution in [-0.4, -0.2) is 37.5 Å². The third-order valence-electron chi connectivity index (χ3n) is 2.64. The van der Waals surface area contributed by atoms with E-state index in [0.717, 1.165) is 24.0 Å². The summed E-state index contributed by atoms with van der Waals surface area (Å²) in [6.45, 7) is 4.68. The zero-order valence-electron chi connectivity index (χ0n) is 11.7. The smallest absolute Gasteiger partial charge is 0.313 e. The van der Waals surface area contributed by atoms with Gasteiger partial charge in [0.2, 0.25) is 5.91 Å². The molecule has 0 spiro atoms. The van der Waals surface area contributed by atoms with Crippen LogP contribution in [0.15, 0.2) is 5.16 Å². The van der Waals surface area contributed by atoms with E-state index in [-0.39, 0.29) is 17.6 Å². The summed E-state index contributed by atoms with van der Waals surface area (Å²) < 4.78 is 1.93. The molecule has 0 fully saturated rings. The second-order valence-corrected chi connectivity index (χ2v) is 5.70. The van der Waals surface area contributed by atoms with Crippen molar-refractivity contribution >= 4 is 23.6 Å². The molecule has 0 unspecified atom stereocenters. The maximum absolute atomic E-state index is 10.7. The van der Waals surface area contributed by atoms with Gasteiger partial charge >= 0.3 is 5.97 Å². The first kappa shape index (κ1) is 16.5. The van der Waals surface area contributed by atoms with E-state index in [1.165, 1.54) is 0 Å². The minimum absolute atomic E-state index is 0.0441. The van der Waals surface area contributed by atoms with Crippen molar-refractivity contribution in [2.75, 3.05) is 5.75 Å². The Bertz CT molecular complexity index is 473. The Balaban J connectivity index is 2.70. The van der Waals surface area contributed by atoms with Crippen molar-refractivity contribution in [1.82, 2.24) is 14.8 Å². The van der Waals surface area contributed by atoms with Crippen LogP contribution in [0.25, 0.3) is 0 Å². The maximum atomic E-state index is 10.7. The fraction of sp³-hybridized carbons (Fsp3) is 0.667. The molecule has 0 bridgehead atoms. The number of primary amides is 1. The lowest BCUT2D eigenvalue weighted by atomic mass is 10.2. The number of hydrogen-bond acceptors (Lipinski definition) is 5. The molecule has 0 atom stereocenters. The highest BCUT2D eigenvalue weighted by molar-refractivity contribution is 7.99. The van der Waals surface area contributed by atoms with Crippen LogP contribution in [0.3, 0.4) is 0 Å². The quantitative estimate of drug-likeness (QED) is 0.524. The Labute approximate surface area is 121 Å². The molecular formula is C12H20N4O3S. The topological polar surface area (TPSA) is 111 Å². The van der Waals surface area contributed by atoms with E-state index in [0.29, 0.717) is 24.5 Å². The molecule has 1 amide bonds. The molecule has 0 aliphatic rings. The van der Waals surface area contributed by atoms with Crippen LogP contribution in [0.5, 0.6) is 0 Å². The molecule has 0 aliphatic heterocycles. The van der Waals surface area contributed by atoms with Crippen LogP contribution in [0, 0.1) is 0 Å². The summed E-state index contributed by atoms with van der Waals surface area (Å²) in [5.41, 5.74) is 5.10. The predicted molar refractivity (Wildman–Crippen MR) is 75.5 cm³/mol. The Hall–Kier alpha value is -1.57. The van der Waals surface area contributed by atoms with E-state index in [9.17, 15) is 9.59 Å². The van der Waals surface area contributed by atoms with Crippen LogP contribution >= 0.6 is 11.8 Å². The monoisotopic (exact) mass is 300 g/mol. The summed E-state index contributed by atoms with van der Waals surface area (Å²) in [7, 11) is 0. The van der Waals surface area contributed by atoms with Gasteiger partial charge in [-0.1, -0.05) is 25.6 Å². The molecule has 7 nitrogen and oxygen atoms in total. The van der Waals surface area contributed by atoms with Gasteiger partial charge < -0.3 is 15.4 Å². The lowest BCUT2D eigenvalue weighted by Gasteiger charge is -2.11. The Morgan fingerprint density at radius 2 is 2.05 bits per heavy atom. The first-order valence-electron chi connectivity index (χ1n) is 6.47. The number of carbonyl (C=O) groups excluding carboxylic acids is 1. The third kappa shape index (κ3) is 5.20. The standard InChI is InChI=1S/C12H20N4O3S/c1-8(2)11-14-15-12(20-7-10(18)19)16(11)6-4-3-5-9(13)17/h8H,3-7H2,1-2H3,(H2,13,17)(H,18,19). The lowest BCUT2D eigenvalue weighted by Crippen LogP contribution is -2.11. The van der Waals surface area contributed by atoms with E-state index in [1.54, 1.807) is 0 Å². The highest BCUT2D eigenvalue weighted by Gasteiger charge is 2.16. The van der Waals surface area contributed by atoms with Crippen molar-refractivity contribution in [3.8, 4) is 0 Å². The van der Waals surface area contributed by atoms with Crippen LogP contribution in [0.4, 0.5) is 0 Å². The largest absolute Gasteiger partial charge is 0.481 e. The average Bonchev–Trinajstić information content (AvgIpc) is 2.75. The summed E-state index contributed by atoms with van der Waals surface area (Å²) in [5.74, 6) is -0.199. The zero-order valence-corrected chi connectivity index (χ0v) is 12.5. The van der Waals surface area contributed by atoms with Gasteiger partial charge in [-0.2, -0.15) is 0 Å².